The minimum Gasteiger partial charge on any atom is -0.481 e. The smallest absolute Gasteiger partial charge is 0.260 e. The van der Waals surface area contributed by atoms with Crippen molar-refractivity contribution in [1.29, 1.82) is 0 Å². The van der Waals surface area contributed by atoms with Gasteiger partial charge in [0.1, 0.15) is 11.6 Å². The zero-order chi connectivity index (χ0) is 15.8. The summed E-state index contributed by atoms with van der Waals surface area (Å²) in [5, 5.41) is 5.80. The van der Waals surface area contributed by atoms with Crippen LogP contribution in [0.25, 0.3) is 0 Å². The number of nitrogens with one attached hydrogen (secondary N) is 2. The summed E-state index contributed by atoms with van der Waals surface area (Å²) in [6.45, 7) is 7.02. The normalized spacial score (nSPS) is 12.3. The number of halogens is 1. The molecule has 0 saturated heterocycles. The highest BCUT2D eigenvalue weighted by Gasteiger charge is 2.16. The second-order valence-corrected chi connectivity index (χ2v) is 5.52. The third kappa shape index (κ3) is 6.12. The van der Waals surface area contributed by atoms with Crippen LogP contribution in [-0.4, -0.2) is 25.6 Å². The number of hydrogen-bond donors (Lipinski definition) is 2. The van der Waals surface area contributed by atoms with Crippen LogP contribution in [0.5, 0.6) is 5.75 Å². The fraction of sp³-hybridized carbons (Fsp3) is 0.562. The van der Waals surface area contributed by atoms with Crippen LogP contribution in [0.1, 0.15) is 32.8 Å². The van der Waals surface area contributed by atoms with Gasteiger partial charge in [0, 0.05) is 18.7 Å². The Morgan fingerprint density at radius 1 is 1.33 bits per heavy atom. The third-order valence-corrected chi connectivity index (χ3v) is 3.08. The Bertz CT molecular complexity index is 464. The van der Waals surface area contributed by atoms with Crippen LogP contribution in [0.4, 0.5) is 4.39 Å². The number of hydrogen-bond acceptors (Lipinski definition) is 3. The molecule has 0 aliphatic rings. The van der Waals surface area contributed by atoms with Gasteiger partial charge in [0.15, 0.2) is 6.10 Å². The highest BCUT2D eigenvalue weighted by Crippen LogP contribution is 2.21. The van der Waals surface area contributed by atoms with Crippen LogP contribution in [0.2, 0.25) is 0 Å². The van der Waals surface area contributed by atoms with Crippen LogP contribution in [0.3, 0.4) is 0 Å². The molecule has 1 rings (SSSR count). The molecule has 1 aromatic rings. The van der Waals surface area contributed by atoms with Gasteiger partial charge in [-0.3, -0.25) is 4.79 Å². The van der Waals surface area contributed by atoms with Crippen LogP contribution in [0, 0.1) is 11.7 Å². The van der Waals surface area contributed by atoms with Gasteiger partial charge in [0.05, 0.1) is 0 Å². The van der Waals surface area contributed by atoms with Crippen molar-refractivity contribution in [3.05, 3.63) is 29.6 Å². The SMILES string of the molecule is CNCc1cc(F)ccc1OC(C)C(=O)NCCC(C)C. The lowest BCUT2D eigenvalue weighted by Crippen LogP contribution is -2.37. The summed E-state index contributed by atoms with van der Waals surface area (Å²) >= 11 is 0. The average Bonchev–Trinajstić information content (AvgIpc) is 2.41. The lowest BCUT2D eigenvalue weighted by atomic mass is 10.1. The van der Waals surface area contributed by atoms with E-state index >= 15 is 0 Å². The van der Waals surface area contributed by atoms with Crippen molar-refractivity contribution in [1.82, 2.24) is 10.6 Å². The summed E-state index contributed by atoms with van der Waals surface area (Å²) in [6.07, 6.45) is 0.318. The summed E-state index contributed by atoms with van der Waals surface area (Å²) in [7, 11) is 1.77. The topological polar surface area (TPSA) is 50.4 Å². The van der Waals surface area contributed by atoms with Gasteiger partial charge < -0.3 is 15.4 Å². The van der Waals surface area contributed by atoms with Gasteiger partial charge >= 0.3 is 0 Å². The zero-order valence-corrected chi connectivity index (χ0v) is 13.2. The molecule has 0 aromatic heterocycles. The van der Waals surface area contributed by atoms with Gasteiger partial charge in [-0.05, 0) is 44.5 Å². The summed E-state index contributed by atoms with van der Waals surface area (Å²) < 4.78 is 18.9. The van der Waals surface area contributed by atoms with E-state index in [9.17, 15) is 9.18 Å². The van der Waals surface area contributed by atoms with E-state index in [1.54, 1.807) is 20.0 Å². The first-order valence-corrected chi connectivity index (χ1v) is 7.31. The molecule has 0 spiro atoms. The first-order valence-electron chi connectivity index (χ1n) is 7.31. The predicted molar refractivity (Wildman–Crippen MR) is 81.7 cm³/mol. The van der Waals surface area contributed by atoms with Crippen molar-refractivity contribution in [3.63, 3.8) is 0 Å². The van der Waals surface area contributed by atoms with E-state index in [0.29, 0.717) is 30.3 Å². The van der Waals surface area contributed by atoms with Gasteiger partial charge in [-0.15, -0.1) is 0 Å². The van der Waals surface area contributed by atoms with Crippen LogP contribution < -0.4 is 15.4 Å². The van der Waals surface area contributed by atoms with Crippen molar-refractivity contribution < 1.29 is 13.9 Å². The molecule has 0 heterocycles. The molecule has 5 heteroatoms. The second-order valence-electron chi connectivity index (χ2n) is 5.52. The lowest BCUT2D eigenvalue weighted by molar-refractivity contribution is -0.127. The summed E-state index contributed by atoms with van der Waals surface area (Å²) in [5.41, 5.74) is 0.694. The number of ether oxygens (including phenoxy) is 1. The van der Waals surface area contributed by atoms with E-state index in [1.165, 1.54) is 12.1 Å². The highest BCUT2D eigenvalue weighted by molar-refractivity contribution is 5.80. The van der Waals surface area contributed by atoms with E-state index in [0.717, 1.165) is 6.42 Å². The van der Waals surface area contributed by atoms with Gasteiger partial charge in [-0.2, -0.15) is 0 Å². The molecule has 0 aliphatic carbocycles. The number of carbonyl (C=O) groups is 1. The molecule has 1 amide bonds. The van der Waals surface area contributed by atoms with E-state index in [1.807, 2.05) is 0 Å². The Hall–Kier alpha value is -1.62. The van der Waals surface area contributed by atoms with Crippen LogP contribution in [-0.2, 0) is 11.3 Å². The summed E-state index contributed by atoms with van der Waals surface area (Å²) in [6, 6.07) is 4.30. The van der Waals surface area contributed by atoms with Crippen molar-refractivity contribution in [2.45, 2.75) is 39.8 Å². The molecule has 1 atom stereocenters. The number of amides is 1. The van der Waals surface area contributed by atoms with Gasteiger partial charge in [-0.1, -0.05) is 13.8 Å². The Labute approximate surface area is 126 Å². The largest absolute Gasteiger partial charge is 0.481 e. The first kappa shape index (κ1) is 17.4. The molecule has 0 aliphatic heterocycles. The van der Waals surface area contributed by atoms with E-state index in [4.69, 9.17) is 4.74 Å². The van der Waals surface area contributed by atoms with Crippen molar-refractivity contribution >= 4 is 5.91 Å². The Morgan fingerprint density at radius 3 is 2.67 bits per heavy atom. The standard InChI is InChI=1S/C16H25FN2O2/c1-11(2)7-8-19-16(20)12(3)21-15-6-5-14(17)9-13(15)10-18-4/h5-6,9,11-12,18H,7-8,10H2,1-4H3,(H,19,20). The zero-order valence-electron chi connectivity index (χ0n) is 13.2. The van der Waals surface area contributed by atoms with Gasteiger partial charge in [0.2, 0.25) is 0 Å². The fourth-order valence-electron chi connectivity index (χ4n) is 1.86. The molecule has 4 nitrogen and oxygen atoms in total. The maximum absolute atomic E-state index is 13.2. The molecule has 21 heavy (non-hydrogen) atoms. The van der Waals surface area contributed by atoms with Gasteiger partial charge in [-0.25, -0.2) is 4.39 Å². The van der Waals surface area contributed by atoms with Gasteiger partial charge in [0.25, 0.3) is 5.91 Å². The number of carbonyl (C=O) groups excluding carboxylic acids is 1. The molecular formula is C16H25FN2O2. The first-order chi connectivity index (χ1) is 9.93. The van der Waals surface area contributed by atoms with Crippen LogP contribution >= 0.6 is 0 Å². The van der Waals surface area contributed by atoms with E-state index in [2.05, 4.69) is 24.5 Å². The quantitative estimate of drug-likeness (QED) is 0.775. The van der Waals surface area contributed by atoms with Crippen molar-refractivity contribution in [2.75, 3.05) is 13.6 Å². The Balaban J connectivity index is 2.61. The maximum atomic E-state index is 13.2. The maximum Gasteiger partial charge on any atom is 0.260 e. The Kier molecular flexibility index (Phi) is 7.15. The Morgan fingerprint density at radius 2 is 2.05 bits per heavy atom. The molecule has 0 radical (unpaired) electrons. The number of benzene rings is 1. The third-order valence-electron chi connectivity index (χ3n) is 3.08. The molecule has 2 N–H and O–H groups in total. The predicted octanol–water partition coefficient (Wildman–Crippen LogP) is 2.47. The van der Waals surface area contributed by atoms with Crippen LogP contribution in [0.15, 0.2) is 18.2 Å². The minimum absolute atomic E-state index is 0.157. The monoisotopic (exact) mass is 296 g/mol. The fourth-order valence-corrected chi connectivity index (χ4v) is 1.86. The molecule has 1 aromatic carbocycles. The molecule has 1 unspecified atom stereocenters. The summed E-state index contributed by atoms with van der Waals surface area (Å²) in [4.78, 5) is 11.9. The van der Waals surface area contributed by atoms with E-state index < -0.39 is 6.10 Å². The minimum atomic E-state index is -0.613. The van der Waals surface area contributed by atoms with Crippen molar-refractivity contribution in [3.8, 4) is 5.75 Å². The molecular weight excluding hydrogens is 271 g/mol. The molecule has 0 bridgehead atoms. The molecule has 0 saturated carbocycles. The summed E-state index contributed by atoms with van der Waals surface area (Å²) in [5.74, 6) is 0.593. The number of rotatable bonds is 8. The highest BCUT2D eigenvalue weighted by atomic mass is 19.1. The molecule has 118 valence electrons. The lowest BCUT2D eigenvalue weighted by Gasteiger charge is -2.17. The average molecular weight is 296 g/mol. The second kappa shape index (κ2) is 8.62. The molecule has 0 fully saturated rings. The van der Waals surface area contributed by atoms with Crippen molar-refractivity contribution in [2.24, 2.45) is 5.92 Å². The van der Waals surface area contributed by atoms with E-state index in [-0.39, 0.29) is 11.7 Å².